The predicted octanol–water partition coefficient (Wildman–Crippen LogP) is 2.65. The van der Waals surface area contributed by atoms with Crippen LogP contribution in [0.1, 0.15) is 24.4 Å². The van der Waals surface area contributed by atoms with E-state index in [2.05, 4.69) is 20.1 Å². The zero-order chi connectivity index (χ0) is 25.1. The largest absolute Gasteiger partial charge is 0.573 e. The van der Waals surface area contributed by atoms with Crippen molar-refractivity contribution in [3.8, 4) is 11.5 Å². The van der Waals surface area contributed by atoms with Crippen molar-refractivity contribution < 1.29 is 36.6 Å². The van der Waals surface area contributed by atoms with E-state index in [1.54, 1.807) is 7.05 Å². The summed E-state index contributed by atoms with van der Waals surface area (Å²) >= 11 is 0. The zero-order valence-corrected chi connectivity index (χ0v) is 18.1. The minimum atomic E-state index is -5.01. The number of piperidine rings is 1. The molecule has 10 nitrogen and oxygen atoms in total. The summed E-state index contributed by atoms with van der Waals surface area (Å²) in [6.07, 6.45) is -2.13. The van der Waals surface area contributed by atoms with Crippen LogP contribution < -0.4 is 20.5 Å². The number of aromatic nitrogens is 3. The van der Waals surface area contributed by atoms with Crippen molar-refractivity contribution in [2.24, 2.45) is 7.05 Å². The Morgan fingerprint density at radius 3 is 2.80 bits per heavy atom. The number of fused-ring (bicyclic) bond motifs is 4. The molecule has 3 aromatic rings. The van der Waals surface area contributed by atoms with Gasteiger partial charge in [0.25, 0.3) is 0 Å². The summed E-state index contributed by atoms with van der Waals surface area (Å²) in [5.41, 5.74) is 6.43. The van der Waals surface area contributed by atoms with Crippen LogP contribution in [-0.2, 0) is 16.6 Å². The number of nitrogens with one attached hydrogen (secondary N) is 1. The maximum Gasteiger partial charge on any atom is 0.573 e. The molecule has 0 radical (unpaired) electrons. The van der Waals surface area contributed by atoms with Gasteiger partial charge in [-0.25, -0.2) is 9.37 Å². The summed E-state index contributed by atoms with van der Waals surface area (Å²) in [5, 5.41) is 7.04. The quantitative estimate of drug-likeness (QED) is 0.415. The smallest absolute Gasteiger partial charge is 0.487 e. The third kappa shape index (κ3) is 3.94. The van der Waals surface area contributed by atoms with Crippen molar-refractivity contribution >= 4 is 34.2 Å². The van der Waals surface area contributed by atoms with Crippen LogP contribution in [0.15, 0.2) is 24.5 Å². The number of alkyl halides is 3. The van der Waals surface area contributed by atoms with Gasteiger partial charge in [-0.1, -0.05) is 0 Å². The number of benzene rings is 1. The third-order valence-corrected chi connectivity index (χ3v) is 5.96. The number of halogens is 4. The molecule has 3 N–H and O–H groups in total. The fourth-order valence-corrected chi connectivity index (χ4v) is 4.57. The van der Waals surface area contributed by atoms with Gasteiger partial charge in [-0.3, -0.25) is 14.3 Å². The number of carbonyl (C=O) groups excluding carboxylic acids is 2. The number of hydrogen-bond donors (Lipinski definition) is 2. The van der Waals surface area contributed by atoms with Crippen LogP contribution >= 0.6 is 0 Å². The van der Waals surface area contributed by atoms with Crippen molar-refractivity contribution in [1.29, 1.82) is 0 Å². The molecular formula is C21H18F4N6O4. The Labute approximate surface area is 194 Å². The lowest BCUT2D eigenvalue weighted by atomic mass is 9.93. The van der Waals surface area contributed by atoms with E-state index in [1.807, 2.05) is 0 Å². The molecule has 4 heterocycles. The Kier molecular flexibility index (Phi) is 5.18. The molecule has 2 atom stereocenters. The lowest BCUT2D eigenvalue weighted by molar-refractivity contribution is -0.274. The Balaban J connectivity index is 1.42. The van der Waals surface area contributed by atoms with E-state index in [4.69, 9.17) is 10.5 Å². The second-order valence-electron chi connectivity index (χ2n) is 8.15. The van der Waals surface area contributed by atoms with Crippen molar-refractivity contribution in [3.63, 3.8) is 0 Å². The molecule has 1 saturated heterocycles. The number of amides is 2. The summed E-state index contributed by atoms with van der Waals surface area (Å²) in [7, 11) is 1.64. The second-order valence-corrected chi connectivity index (χ2v) is 8.15. The molecule has 2 aromatic heterocycles. The first-order valence-corrected chi connectivity index (χ1v) is 10.5. The fourth-order valence-electron chi connectivity index (χ4n) is 4.57. The minimum absolute atomic E-state index is 0.103. The number of carbonyl (C=O) groups is 2. The Morgan fingerprint density at radius 2 is 2.06 bits per heavy atom. The molecule has 0 unspecified atom stereocenters. The standard InChI is InChI=1S/C21H18F4N6O4/c1-30-16-10(7-28-30)12(8-27-18(16)26)29-19(32)20(33)31-4-2-3-13-17(31)15-11(22)5-9(6-14(15)34-13)35-21(23,24)25/h5-8,13,17H,2-4H2,1H3,(H2,26,27)(H,29,32)/t13-,17+/m0/s1. The number of anilines is 2. The zero-order valence-electron chi connectivity index (χ0n) is 18.1. The second kappa shape index (κ2) is 7.99. The van der Waals surface area contributed by atoms with Crippen LogP contribution in [0.25, 0.3) is 10.9 Å². The number of ether oxygens (including phenoxy) is 2. The van der Waals surface area contributed by atoms with Crippen LogP contribution in [0.5, 0.6) is 11.5 Å². The van der Waals surface area contributed by atoms with E-state index >= 15 is 0 Å². The topological polar surface area (TPSA) is 125 Å². The molecular weight excluding hydrogens is 476 g/mol. The lowest BCUT2D eigenvalue weighted by Crippen LogP contribution is -2.48. The number of pyridine rings is 1. The Bertz CT molecular complexity index is 1360. The van der Waals surface area contributed by atoms with Gasteiger partial charge < -0.3 is 25.4 Å². The summed E-state index contributed by atoms with van der Waals surface area (Å²) in [6, 6.07) is 0.514. The molecule has 1 fully saturated rings. The first kappa shape index (κ1) is 22.7. The number of rotatable bonds is 2. The molecule has 0 bridgehead atoms. The summed E-state index contributed by atoms with van der Waals surface area (Å²) in [4.78, 5) is 31.2. The van der Waals surface area contributed by atoms with Crippen LogP contribution in [-0.4, -0.2) is 50.5 Å². The average Bonchev–Trinajstić information content (AvgIpc) is 3.35. The van der Waals surface area contributed by atoms with Crippen molar-refractivity contribution in [1.82, 2.24) is 19.7 Å². The summed E-state index contributed by atoms with van der Waals surface area (Å²) in [5.74, 6) is -3.76. The predicted molar refractivity (Wildman–Crippen MR) is 113 cm³/mol. The van der Waals surface area contributed by atoms with Crippen molar-refractivity contribution in [2.75, 3.05) is 17.6 Å². The highest BCUT2D eigenvalue weighted by Crippen LogP contribution is 2.47. The average molecular weight is 494 g/mol. The van der Waals surface area contributed by atoms with E-state index < -0.39 is 41.9 Å². The molecule has 1 aromatic carbocycles. The van der Waals surface area contributed by atoms with Crippen LogP contribution in [0.2, 0.25) is 0 Å². The number of nitrogens with two attached hydrogens (primary N) is 1. The van der Waals surface area contributed by atoms with Gasteiger partial charge in [-0.2, -0.15) is 5.10 Å². The highest BCUT2D eigenvalue weighted by molar-refractivity contribution is 6.40. The minimum Gasteiger partial charge on any atom is -0.487 e. The van der Waals surface area contributed by atoms with E-state index in [-0.39, 0.29) is 29.4 Å². The van der Waals surface area contributed by atoms with Gasteiger partial charge in [0.15, 0.2) is 0 Å². The van der Waals surface area contributed by atoms with Crippen molar-refractivity contribution in [2.45, 2.75) is 31.3 Å². The Morgan fingerprint density at radius 1 is 1.29 bits per heavy atom. The molecule has 14 heteroatoms. The number of hydrogen-bond acceptors (Lipinski definition) is 7. The molecule has 2 aliphatic rings. The molecule has 2 amide bonds. The molecule has 2 aliphatic heterocycles. The highest BCUT2D eigenvalue weighted by Gasteiger charge is 2.46. The van der Waals surface area contributed by atoms with E-state index in [0.717, 1.165) is 11.0 Å². The molecule has 184 valence electrons. The maximum atomic E-state index is 14.9. The van der Waals surface area contributed by atoms with Crippen molar-refractivity contribution in [3.05, 3.63) is 35.9 Å². The van der Waals surface area contributed by atoms with Gasteiger partial charge >= 0.3 is 18.2 Å². The molecule has 0 spiro atoms. The van der Waals surface area contributed by atoms with Gasteiger partial charge in [0.05, 0.1) is 23.6 Å². The molecule has 0 aliphatic carbocycles. The molecule has 35 heavy (non-hydrogen) atoms. The van der Waals surface area contributed by atoms with Crippen LogP contribution in [0, 0.1) is 5.82 Å². The van der Waals surface area contributed by atoms with Gasteiger partial charge in [-0.05, 0) is 12.8 Å². The number of nitrogens with zero attached hydrogens (tertiary/aromatic N) is 4. The van der Waals surface area contributed by atoms with Crippen LogP contribution in [0.3, 0.4) is 0 Å². The monoisotopic (exact) mass is 494 g/mol. The first-order chi connectivity index (χ1) is 16.5. The number of likely N-dealkylation sites (tertiary alicyclic amines) is 1. The number of nitrogen functional groups attached to an aromatic ring is 1. The normalized spacial score (nSPS) is 19.2. The summed E-state index contributed by atoms with van der Waals surface area (Å²) < 4.78 is 63.6. The SMILES string of the molecule is Cn1ncc2c(NC(=O)C(=O)N3CCC[C@@H]4Oc5cc(OC(F)(F)F)cc(F)c5[C@@H]43)cnc(N)c21. The van der Waals surface area contributed by atoms with Gasteiger partial charge in [-0.15, -0.1) is 13.2 Å². The molecule has 5 rings (SSSR count). The van der Waals surface area contributed by atoms with E-state index in [9.17, 15) is 27.2 Å². The Hall–Kier alpha value is -4.10. The third-order valence-electron chi connectivity index (χ3n) is 5.96. The fraction of sp³-hybridized carbons (Fsp3) is 0.333. The first-order valence-electron chi connectivity index (χ1n) is 10.5. The van der Waals surface area contributed by atoms with E-state index in [1.165, 1.54) is 17.1 Å². The number of aryl methyl sites for hydroxylation is 1. The maximum absolute atomic E-state index is 14.9. The van der Waals surface area contributed by atoms with Gasteiger partial charge in [0.2, 0.25) is 0 Å². The van der Waals surface area contributed by atoms with Gasteiger partial charge in [0.1, 0.15) is 40.8 Å². The summed E-state index contributed by atoms with van der Waals surface area (Å²) in [6.45, 7) is 0.124. The van der Waals surface area contributed by atoms with Gasteiger partial charge in [0, 0.05) is 31.1 Å². The van der Waals surface area contributed by atoms with E-state index in [0.29, 0.717) is 29.8 Å². The van der Waals surface area contributed by atoms with Crippen LogP contribution in [0.4, 0.5) is 29.1 Å². The lowest BCUT2D eigenvalue weighted by Gasteiger charge is -2.36. The molecule has 0 saturated carbocycles. The highest BCUT2D eigenvalue weighted by atomic mass is 19.4.